The molecule has 5 aromatic rings. The van der Waals surface area contributed by atoms with E-state index in [2.05, 4.69) is 4.98 Å². The van der Waals surface area contributed by atoms with Crippen LogP contribution in [0.2, 0.25) is 5.02 Å². The molecule has 7 nitrogen and oxygen atoms in total. The smallest absolute Gasteiger partial charge is 0.267 e. The zero-order valence-electron chi connectivity index (χ0n) is 17.5. The Labute approximate surface area is 193 Å². The third-order valence-electron chi connectivity index (χ3n) is 5.24. The molecule has 0 atom stereocenters. The SMILES string of the molecule is COc1ccc2nc(-c3ccc(-n4ccccc4=O)cc3)n(-c3ccc(Cl)cn3)c(=O)c2c1. The lowest BCUT2D eigenvalue weighted by Crippen LogP contribution is -2.23. The number of hydrogen-bond acceptors (Lipinski definition) is 5. The van der Waals surface area contributed by atoms with Crippen molar-refractivity contribution in [3.8, 4) is 28.6 Å². The lowest BCUT2D eigenvalue weighted by Gasteiger charge is -2.14. The van der Waals surface area contributed by atoms with Gasteiger partial charge in [-0.1, -0.05) is 17.7 Å². The topological polar surface area (TPSA) is 79.0 Å². The van der Waals surface area contributed by atoms with Gasteiger partial charge in [-0.25, -0.2) is 14.5 Å². The first-order valence-electron chi connectivity index (χ1n) is 10.1. The van der Waals surface area contributed by atoms with Crippen LogP contribution in [0.3, 0.4) is 0 Å². The van der Waals surface area contributed by atoms with Gasteiger partial charge >= 0.3 is 0 Å². The molecule has 0 saturated heterocycles. The zero-order valence-corrected chi connectivity index (χ0v) is 18.2. The third-order valence-corrected chi connectivity index (χ3v) is 5.47. The van der Waals surface area contributed by atoms with Gasteiger partial charge in [0.05, 0.1) is 23.0 Å². The van der Waals surface area contributed by atoms with E-state index in [-0.39, 0.29) is 11.1 Å². The molecule has 5 rings (SSSR count). The van der Waals surface area contributed by atoms with Crippen molar-refractivity contribution in [2.75, 3.05) is 7.11 Å². The van der Waals surface area contributed by atoms with Gasteiger partial charge in [0.15, 0.2) is 0 Å². The number of nitrogens with zero attached hydrogens (tertiary/aromatic N) is 4. The molecule has 2 aromatic carbocycles. The molecule has 0 amide bonds. The fourth-order valence-electron chi connectivity index (χ4n) is 3.61. The molecule has 0 unspecified atom stereocenters. The van der Waals surface area contributed by atoms with Crippen molar-refractivity contribution in [3.05, 3.63) is 111 Å². The molecular weight excluding hydrogens is 440 g/mol. The maximum atomic E-state index is 13.6. The lowest BCUT2D eigenvalue weighted by atomic mass is 10.1. The Morgan fingerprint density at radius 1 is 0.939 bits per heavy atom. The third kappa shape index (κ3) is 3.79. The monoisotopic (exact) mass is 456 g/mol. The van der Waals surface area contributed by atoms with Crippen LogP contribution in [0.25, 0.3) is 33.8 Å². The van der Waals surface area contributed by atoms with Crippen molar-refractivity contribution in [1.29, 1.82) is 0 Å². The van der Waals surface area contributed by atoms with Crippen LogP contribution in [0.15, 0.2) is 94.8 Å². The van der Waals surface area contributed by atoms with Crippen molar-refractivity contribution < 1.29 is 4.74 Å². The van der Waals surface area contributed by atoms with Gasteiger partial charge in [-0.2, -0.15) is 0 Å². The van der Waals surface area contributed by atoms with Gasteiger partial charge in [0, 0.05) is 29.7 Å². The van der Waals surface area contributed by atoms with Crippen molar-refractivity contribution in [3.63, 3.8) is 0 Å². The van der Waals surface area contributed by atoms with E-state index in [1.807, 2.05) is 12.1 Å². The van der Waals surface area contributed by atoms with E-state index in [1.165, 1.54) is 21.4 Å². The Morgan fingerprint density at radius 2 is 1.76 bits per heavy atom. The number of fused-ring (bicyclic) bond motifs is 1. The second kappa shape index (κ2) is 8.37. The van der Waals surface area contributed by atoms with Crippen LogP contribution in [-0.2, 0) is 0 Å². The van der Waals surface area contributed by atoms with Gasteiger partial charge in [-0.3, -0.25) is 14.2 Å². The maximum absolute atomic E-state index is 13.6. The summed E-state index contributed by atoms with van der Waals surface area (Å²) in [5, 5.41) is 0.865. The first-order chi connectivity index (χ1) is 16.0. The minimum absolute atomic E-state index is 0.134. The minimum Gasteiger partial charge on any atom is -0.497 e. The summed E-state index contributed by atoms with van der Waals surface area (Å²) in [6.07, 6.45) is 3.18. The molecule has 3 heterocycles. The molecule has 0 radical (unpaired) electrons. The van der Waals surface area contributed by atoms with Gasteiger partial charge < -0.3 is 4.74 Å². The molecule has 0 bridgehead atoms. The minimum atomic E-state index is -0.285. The van der Waals surface area contributed by atoms with E-state index in [4.69, 9.17) is 21.3 Å². The fourth-order valence-corrected chi connectivity index (χ4v) is 3.72. The highest BCUT2D eigenvalue weighted by atomic mass is 35.5. The number of aromatic nitrogens is 4. The average molecular weight is 457 g/mol. The van der Waals surface area contributed by atoms with Crippen molar-refractivity contribution in [2.24, 2.45) is 0 Å². The van der Waals surface area contributed by atoms with Gasteiger partial charge in [0.25, 0.3) is 11.1 Å². The number of rotatable bonds is 4. The van der Waals surface area contributed by atoms with Crippen molar-refractivity contribution in [2.45, 2.75) is 0 Å². The summed E-state index contributed by atoms with van der Waals surface area (Å²) in [5.74, 6) is 1.36. The Morgan fingerprint density at radius 3 is 2.45 bits per heavy atom. The second-order valence-corrected chi connectivity index (χ2v) is 7.69. The number of ether oxygens (including phenoxy) is 1. The highest BCUT2D eigenvalue weighted by Gasteiger charge is 2.16. The van der Waals surface area contributed by atoms with E-state index in [0.717, 1.165) is 0 Å². The Balaban J connectivity index is 1.74. The molecule has 0 fully saturated rings. The van der Waals surface area contributed by atoms with E-state index < -0.39 is 0 Å². The average Bonchev–Trinajstić information content (AvgIpc) is 2.85. The Bertz CT molecular complexity index is 1590. The molecule has 0 aliphatic carbocycles. The zero-order chi connectivity index (χ0) is 22.9. The molecule has 8 heteroatoms. The van der Waals surface area contributed by atoms with Crippen LogP contribution in [0, 0.1) is 0 Å². The number of pyridine rings is 2. The summed E-state index contributed by atoms with van der Waals surface area (Å²) in [4.78, 5) is 34.8. The highest BCUT2D eigenvalue weighted by molar-refractivity contribution is 6.30. The standard InChI is InChI=1S/C25H17ClN4O3/c1-33-19-10-11-21-20(14-19)25(32)30(22-12-7-17(26)15-27-22)24(28-21)16-5-8-18(9-6-16)29-13-3-2-4-23(29)31/h2-15H,1H3. The normalized spacial score (nSPS) is 11.0. The molecular formula is C25H17ClN4O3. The number of halogens is 1. The largest absolute Gasteiger partial charge is 0.497 e. The summed E-state index contributed by atoms with van der Waals surface area (Å²) >= 11 is 6.01. The first-order valence-corrected chi connectivity index (χ1v) is 10.4. The number of hydrogen-bond donors (Lipinski definition) is 0. The maximum Gasteiger partial charge on any atom is 0.267 e. The van der Waals surface area contributed by atoms with Crippen LogP contribution in [-0.4, -0.2) is 26.2 Å². The van der Waals surface area contributed by atoms with Crippen LogP contribution in [0.5, 0.6) is 5.75 Å². The molecule has 0 saturated carbocycles. The van der Waals surface area contributed by atoms with Crippen LogP contribution in [0.4, 0.5) is 0 Å². The molecule has 0 N–H and O–H groups in total. The van der Waals surface area contributed by atoms with Crippen molar-refractivity contribution in [1.82, 2.24) is 19.1 Å². The highest BCUT2D eigenvalue weighted by Crippen LogP contribution is 2.25. The molecule has 0 aliphatic rings. The predicted molar refractivity (Wildman–Crippen MR) is 128 cm³/mol. The van der Waals surface area contributed by atoms with Gasteiger partial charge in [0.1, 0.15) is 17.4 Å². The molecule has 162 valence electrons. The van der Waals surface area contributed by atoms with Crippen LogP contribution < -0.4 is 15.9 Å². The van der Waals surface area contributed by atoms with E-state index in [9.17, 15) is 9.59 Å². The summed E-state index contributed by atoms with van der Waals surface area (Å²) in [6.45, 7) is 0. The van der Waals surface area contributed by atoms with Gasteiger partial charge in [0.2, 0.25) is 0 Å². The van der Waals surface area contributed by atoms with Crippen LogP contribution >= 0.6 is 11.6 Å². The summed E-state index contributed by atoms with van der Waals surface area (Å²) in [6, 6.07) is 20.7. The van der Waals surface area contributed by atoms with E-state index >= 15 is 0 Å². The van der Waals surface area contributed by atoms with Gasteiger partial charge in [-0.15, -0.1) is 0 Å². The van der Waals surface area contributed by atoms with Gasteiger partial charge in [-0.05, 0) is 60.7 Å². The fraction of sp³-hybridized carbons (Fsp3) is 0.0400. The Hall–Kier alpha value is -4.23. The Kier molecular flexibility index (Phi) is 5.24. The lowest BCUT2D eigenvalue weighted by molar-refractivity contribution is 0.415. The molecule has 33 heavy (non-hydrogen) atoms. The van der Waals surface area contributed by atoms with E-state index in [1.54, 1.807) is 67.9 Å². The first kappa shape index (κ1) is 20.7. The summed E-state index contributed by atoms with van der Waals surface area (Å²) in [5.41, 5.74) is 1.50. The molecule has 0 aliphatic heterocycles. The molecule has 0 spiro atoms. The number of methoxy groups -OCH3 is 1. The predicted octanol–water partition coefficient (Wildman–Crippen LogP) is 4.26. The van der Waals surface area contributed by atoms with E-state index in [0.29, 0.717) is 44.6 Å². The summed E-state index contributed by atoms with van der Waals surface area (Å²) < 4.78 is 8.27. The van der Waals surface area contributed by atoms with Crippen molar-refractivity contribution >= 4 is 22.5 Å². The van der Waals surface area contributed by atoms with Crippen LogP contribution in [0.1, 0.15) is 0 Å². The molecule has 3 aromatic heterocycles. The number of benzene rings is 2. The quantitative estimate of drug-likeness (QED) is 0.403. The second-order valence-electron chi connectivity index (χ2n) is 7.25. The summed E-state index contributed by atoms with van der Waals surface area (Å²) in [7, 11) is 1.54.